The summed E-state index contributed by atoms with van der Waals surface area (Å²) < 4.78 is 6.03. The van der Waals surface area contributed by atoms with Gasteiger partial charge in [0.25, 0.3) is 0 Å². The molecule has 0 saturated heterocycles. The average molecular weight is 369 g/mol. The van der Waals surface area contributed by atoms with Crippen LogP contribution in [0.3, 0.4) is 0 Å². The van der Waals surface area contributed by atoms with Crippen LogP contribution in [0.25, 0.3) is 11.1 Å². The lowest BCUT2D eigenvalue weighted by molar-refractivity contribution is 0.282. The Balaban J connectivity index is 1.55. The van der Waals surface area contributed by atoms with Crippen LogP contribution < -0.4 is 10.1 Å². The summed E-state index contributed by atoms with van der Waals surface area (Å²) in [5, 5.41) is 12.6. The molecule has 2 N–H and O–H groups in total. The van der Waals surface area contributed by atoms with E-state index in [4.69, 9.17) is 4.74 Å². The molecule has 0 aliphatic heterocycles. The summed E-state index contributed by atoms with van der Waals surface area (Å²) in [4.78, 5) is 8.64. The number of hydrogen-bond acceptors (Lipinski definition) is 5. The Hall–Kier alpha value is -3.70. The lowest BCUT2D eigenvalue weighted by Crippen LogP contribution is -1.94. The van der Waals surface area contributed by atoms with E-state index < -0.39 is 0 Å². The summed E-state index contributed by atoms with van der Waals surface area (Å²) in [5.74, 6) is 1.99. The second kappa shape index (κ2) is 8.33. The molecule has 4 rings (SSSR count). The molecule has 0 spiro atoms. The third-order valence-electron chi connectivity index (χ3n) is 4.20. The molecule has 2 aromatic carbocycles. The first-order valence-corrected chi connectivity index (χ1v) is 8.93. The average Bonchev–Trinajstić information content (AvgIpc) is 2.76. The van der Waals surface area contributed by atoms with Crippen molar-refractivity contribution in [3.05, 3.63) is 96.8 Å². The Morgan fingerprint density at radius 1 is 0.821 bits per heavy atom. The van der Waals surface area contributed by atoms with E-state index in [1.54, 1.807) is 12.4 Å². The van der Waals surface area contributed by atoms with Crippen molar-refractivity contribution >= 4 is 11.5 Å². The van der Waals surface area contributed by atoms with Gasteiger partial charge in [-0.2, -0.15) is 0 Å². The predicted molar refractivity (Wildman–Crippen MR) is 110 cm³/mol. The molecule has 2 heterocycles. The van der Waals surface area contributed by atoms with E-state index in [1.807, 2.05) is 78.9 Å². The molecule has 0 radical (unpaired) electrons. The Morgan fingerprint density at radius 2 is 1.68 bits per heavy atom. The van der Waals surface area contributed by atoms with Crippen LogP contribution in [-0.2, 0) is 6.61 Å². The number of nitrogens with one attached hydrogen (secondary N) is 1. The van der Waals surface area contributed by atoms with Crippen molar-refractivity contribution in [3.63, 3.8) is 0 Å². The molecule has 5 heteroatoms. The molecule has 0 atom stereocenters. The SMILES string of the molecule is OCc1cccc(-c2cccnc2Oc2ccc(Nc3ccccn3)cc2)c1. The van der Waals surface area contributed by atoms with Crippen LogP contribution in [0.2, 0.25) is 0 Å². The summed E-state index contributed by atoms with van der Waals surface area (Å²) in [6, 6.07) is 24.9. The molecule has 2 aromatic heterocycles. The number of aromatic nitrogens is 2. The normalized spacial score (nSPS) is 10.5. The number of rotatable bonds is 6. The summed E-state index contributed by atoms with van der Waals surface area (Å²) in [5.41, 5.74) is 3.58. The van der Waals surface area contributed by atoms with Gasteiger partial charge in [-0.3, -0.25) is 0 Å². The number of benzene rings is 2. The summed E-state index contributed by atoms with van der Waals surface area (Å²) in [6.07, 6.45) is 3.44. The Morgan fingerprint density at radius 3 is 2.46 bits per heavy atom. The number of pyridine rings is 2. The molecule has 0 unspecified atom stereocenters. The van der Waals surface area contributed by atoms with Crippen molar-refractivity contribution in [2.45, 2.75) is 6.61 Å². The predicted octanol–water partition coefficient (Wildman–Crippen LogP) is 5.17. The van der Waals surface area contributed by atoms with E-state index in [1.165, 1.54) is 0 Å². The second-order valence-corrected chi connectivity index (χ2v) is 6.18. The van der Waals surface area contributed by atoms with Gasteiger partial charge in [-0.1, -0.05) is 24.3 Å². The Labute approximate surface area is 163 Å². The zero-order valence-electron chi connectivity index (χ0n) is 15.1. The van der Waals surface area contributed by atoms with E-state index in [-0.39, 0.29) is 6.61 Å². The molecule has 5 nitrogen and oxygen atoms in total. The highest BCUT2D eigenvalue weighted by atomic mass is 16.5. The summed E-state index contributed by atoms with van der Waals surface area (Å²) in [7, 11) is 0. The molecule has 0 fully saturated rings. The van der Waals surface area contributed by atoms with Gasteiger partial charge in [0.15, 0.2) is 0 Å². The lowest BCUT2D eigenvalue weighted by Gasteiger charge is -2.11. The number of hydrogen-bond donors (Lipinski definition) is 2. The molecule has 28 heavy (non-hydrogen) atoms. The molecule has 4 aromatic rings. The minimum atomic E-state index is -0.00493. The topological polar surface area (TPSA) is 67.3 Å². The fraction of sp³-hybridized carbons (Fsp3) is 0.0435. The first-order valence-electron chi connectivity index (χ1n) is 8.93. The van der Waals surface area contributed by atoms with Crippen molar-refractivity contribution in [1.82, 2.24) is 9.97 Å². The van der Waals surface area contributed by atoms with Crippen LogP contribution in [0, 0.1) is 0 Å². The standard InChI is InChI=1S/C23H19N3O2/c27-16-17-5-3-6-18(15-17)21-7-4-14-25-23(21)28-20-11-9-19(10-12-20)26-22-8-1-2-13-24-22/h1-15,27H,16H2,(H,24,26). The van der Waals surface area contributed by atoms with Gasteiger partial charge in [0.1, 0.15) is 11.6 Å². The van der Waals surface area contributed by atoms with E-state index in [0.29, 0.717) is 11.6 Å². The van der Waals surface area contributed by atoms with Crippen molar-refractivity contribution in [2.24, 2.45) is 0 Å². The van der Waals surface area contributed by atoms with Crippen LogP contribution in [0.5, 0.6) is 11.6 Å². The quantitative estimate of drug-likeness (QED) is 0.491. The van der Waals surface area contributed by atoms with Gasteiger partial charge in [0.2, 0.25) is 5.88 Å². The van der Waals surface area contributed by atoms with Gasteiger partial charge < -0.3 is 15.2 Å². The fourth-order valence-electron chi connectivity index (χ4n) is 2.83. The summed E-state index contributed by atoms with van der Waals surface area (Å²) >= 11 is 0. The maximum atomic E-state index is 9.39. The Bertz CT molecular complexity index is 1050. The highest BCUT2D eigenvalue weighted by Gasteiger charge is 2.09. The third kappa shape index (κ3) is 4.16. The zero-order chi connectivity index (χ0) is 19.2. The molecule has 0 amide bonds. The molecular formula is C23H19N3O2. The number of aliphatic hydroxyl groups is 1. The van der Waals surface area contributed by atoms with Crippen LogP contribution in [0.4, 0.5) is 11.5 Å². The number of ether oxygens (including phenoxy) is 1. The minimum Gasteiger partial charge on any atom is -0.438 e. The van der Waals surface area contributed by atoms with Crippen molar-refractivity contribution in [2.75, 3.05) is 5.32 Å². The van der Waals surface area contributed by atoms with Crippen LogP contribution in [-0.4, -0.2) is 15.1 Å². The van der Waals surface area contributed by atoms with E-state index >= 15 is 0 Å². The van der Waals surface area contributed by atoms with Crippen molar-refractivity contribution in [3.8, 4) is 22.8 Å². The lowest BCUT2D eigenvalue weighted by atomic mass is 10.0. The van der Waals surface area contributed by atoms with Gasteiger partial charge in [-0.15, -0.1) is 0 Å². The maximum absolute atomic E-state index is 9.39. The largest absolute Gasteiger partial charge is 0.438 e. The van der Waals surface area contributed by atoms with Gasteiger partial charge in [0.05, 0.1) is 6.61 Å². The van der Waals surface area contributed by atoms with E-state index in [2.05, 4.69) is 15.3 Å². The smallest absolute Gasteiger partial charge is 0.227 e. The third-order valence-corrected chi connectivity index (χ3v) is 4.20. The van der Waals surface area contributed by atoms with Gasteiger partial charge in [-0.25, -0.2) is 9.97 Å². The maximum Gasteiger partial charge on any atom is 0.227 e. The van der Waals surface area contributed by atoms with Gasteiger partial charge in [0, 0.05) is 23.6 Å². The zero-order valence-corrected chi connectivity index (χ0v) is 15.1. The van der Waals surface area contributed by atoms with Crippen LogP contribution in [0.1, 0.15) is 5.56 Å². The highest BCUT2D eigenvalue weighted by molar-refractivity contribution is 5.69. The minimum absolute atomic E-state index is 0.00493. The van der Waals surface area contributed by atoms with E-state index in [9.17, 15) is 5.11 Å². The number of anilines is 2. The van der Waals surface area contributed by atoms with Gasteiger partial charge >= 0.3 is 0 Å². The highest BCUT2D eigenvalue weighted by Crippen LogP contribution is 2.32. The second-order valence-electron chi connectivity index (χ2n) is 6.18. The first kappa shape index (κ1) is 17.7. The molecule has 138 valence electrons. The van der Waals surface area contributed by atoms with Crippen molar-refractivity contribution < 1.29 is 9.84 Å². The molecule has 0 bridgehead atoms. The first-order chi connectivity index (χ1) is 13.8. The number of aliphatic hydroxyl groups excluding tert-OH is 1. The summed E-state index contributed by atoms with van der Waals surface area (Å²) in [6.45, 7) is -0.00493. The van der Waals surface area contributed by atoms with Crippen LogP contribution >= 0.6 is 0 Å². The number of nitrogens with zero attached hydrogens (tertiary/aromatic N) is 2. The van der Waals surface area contributed by atoms with Crippen molar-refractivity contribution in [1.29, 1.82) is 0 Å². The van der Waals surface area contributed by atoms with Crippen LogP contribution in [0.15, 0.2) is 91.3 Å². The molecule has 0 aliphatic rings. The molecule has 0 saturated carbocycles. The fourth-order valence-corrected chi connectivity index (χ4v) is 2.83. The Kier molecular flexibility index (Phi) is 5.26. The van der Waals surface area contributed by atoms with E-state index in [0.717, 1.165) is 28.2 Å². The molecule has 0 aliphatic carbocycles. The molecular weight excluding hydrogens is 350 g/mol. The van der Waals surface area contributed by atoms with Gasteiger partial charge in [-0.05, 0) is 65.7 Å². The monoisotopic (exact) mass is 369 g/mol.